The molecule has 114 valence electrons. The summed E-state index contributed by atoms with van der Waals surface area (Å²) in [5.74, 6) is 0.791. The molecular formula is C17H10BrClN2OS. The van der Waals surface area contributed by atoms with Crippen LogP contribution in [0.2, 0.25) is 5.02 Å². The first kappa shape index (κ1) is 15.0. The van der Waals surface area contributed by atoms with E-state index >= 15 is 0 Å². The maximum Gasteiger partial charge on any atom is 0.257 e. The van der Waals surface area contributed by atoms with Gasteiger partial charge in [0.2, 0.25) is 0 Å². The quantitative estimate of drug-likeness (QED) is 0.387. The zero-order valence-corrected chi connectivity index (χ0v) is 15.0. The Morgan fingerprint density at radius 2 is 2.00 bits per heavy atom. The molecule has 0 saturated carbocycles. The van der Waals surface area contributed by atoms with Gasteiger partial charge in [0.25, 0.3) is 5.22 Å². The van der Waals surface area contributed by atoms with E-state index in [9.17, 15) is 0 Å². The van der Waals surface area contributed by atoms with E-state index in [1.54, 1.807) is 18.0 Å². The molecule has 0 aliphatic heterocycles. The average Bonchev–Trinajstić information content (AvgIpc) is 2.98. The van der Waals surface area contributed by atoms with Crippen molar-refractivity contribution >= 4 is 61.3 Å². The van der Waals surface area contributed by atoms with Gasteiger partial charge >= 0.3 is 0 Å². The molecule has 2 aromatic carbocycles. The molecule has 0 bridgehead atoms. The Morgan fingerprint density at radius 1 is 1.17 bits per heavy atom. The molecule has 3 nitrogen and oxygen atoms in total. The maximum atomic E-state index is 6.30. The number of pyridine rings is 1. The van der Waals surface area contributed by atoms with Crippen molar-refractivity contribution in [2.75, 3.05) is 0 Å². The van der Waals surface area contributed by atoms with Crippen molar-refractivity contribution in [1.29, 1.82) is 0 Å². The highest BCUT2D eigenvalue weighted by atomic mass is 79.9. The number of rotatable bonds is 3. The van der Waals surface area contributed by atoms with Gasteiger partial charge in [-0.3, -0.25) is 4.98 Å². The number of hydrogen-bond acceptors (Lipinski definition) is 4. The Kier molecular flexibility index (Phi) is 4.01. The molecular weight excluding hydrogens is 396 g/mol. The molecule has 4 rings (SSSR count). The summed E-state index contributed by atoms with van der Waals surface area (Å²) < 4.78 is 6.97. The lowest BCUT2D eigenvalue weighted by atomic mass is 10.2. The van der Waals surface area contributed by atoms with E-state index < -0.39 is 0 Å². The first-order chi connectivity index (χ1) is 11.2. The van der Waals surface area contributed by atoms with Crippen LogP contribution >= 0.6 is 39.3 Å². The van der Waals surface area contributed by atoms with Crippen molar-refractivity contribution < 1.29 is 4.42 Å². The molecule has 0 N–H and O–H groups in total. The van der Waals surface area contributed by atoms with Crippen molar-refractivity contribution in [2.45, 2.75) is 11.0 Å². The van der Waals surface area contributed by atoms with Crippen LogP contribution in [0.5, 0.6) is 0 Å². The van der Waals surface area contributed by atoms with Crippen LogP contribution < -0.4 is 0 Å². The lowest BCUT2D eigenvalue weighted by Crippen LogP contribution is -1.80. The number of fused-ring (bicyclic) bond motifs is 3. The molecule has 0 saturated heterocycles. The number of aromatic nitrogens is 2. The van der Waals surface area contributed by atoms with Gasteiger partial charge in [0.1, 0.15) is 11.0 Å². The standard InChI is InChI=1S/C17H10BrClN2OS/c18-11-5-3-10(4-6-11)9-23-17-21-14-8-13(19)12-2-1-7-20-15(12)16(14)22-17/h1-8H,9H2. The van der Waals surface area contributed by atoms with Gasteiger partial charge in [-0.1, -0.05) is 51.4 Å². The lowest BCUT2D eigenvalue weighted by Gasteiger charge is -1.99. The van der Waals surface area contributed by atoms with Crippen LogP contribution in [0, 0.1) is 0 Å². The lowest BCUT2D eigenvalue weighted by molar-refractivity contribution is 0.491. The summed E-state index contributed by atoms with van der Waals surface area (Å²) in [6.45, 7) is 0. The van der Waals surface area contributed by atoms with Gasteiger partial charge in [-0.15, -0.1) is 0 Å². The second-order valence-corrected chi connectivity index (χ2v) is 7.25. The van der Waals surface area contributed by atoms with E-state index in [1.165, 1.54) is 5.56 Å². The van der Waals surface area contributed by atoms with Gasteiger partial charge in [0.15, 0.2) is 5.58 Å². The molecule has 0 aliphatic carbocycles. The molecule has 0 amide bonds. The van der Waals surface area contributed by atoms with Gasteiger partial charge in [-0.25, -0.2) is 4.98 Å². The van der Waals surface area contributed by atoms with Crippen molar-refractivity contribution in [3.8, 4) is 0 Å². The second kappa shape index (κ2) is 6.15. The normalized spacial score (nSPS) is 11.4. The fourth-order valence-electron chi connectivity index (χ4n) is 2.34. The van der Waals surface area contributed by atoms with Gasteiger partial charge in [0, 0.05) is 21.8 Å². The highest BCUT2D eigenvalue weighted by Crippen LogP contribution is 2.33. The fraction of sp³-hybridized carbons (Fsp3) is 0.0588. The molecule has 0 radical (unpaired) electrons. The molecule has 2 heterocycles. The summed E-state index contributed by atoms with van der Waals surface area (Å²) in [5, 5.41) is 2.14. The van der Waals surface area contributed by atoms with Crippen molar-refractivity contribution in [3.63, 3.8) is 0 Å². The summed E-state index contributed by atoms with van der Waals surface area (Å²) in [6, 6.07) is 13.8. The average molecular weight is 406 g/mol. The highest BCUT2D eigenvalue weighted by Gasteiger charge is 2.13. The number of thioether (sulfide) groups is 1. The summed E-state index contributed by atoms with van der Waals surface area (Å²) in [4.78, 5) is 8.90. The van der Waals surface area contributed by atoms with E-state index in [4.69, 9.17) is 16.0 Å². The topological polar surface area (TPSA) is 38.9 Å². The SMILES string of the molecule is Clc1cc2nc(SCc3ccc(Br)cc3)oc2c2ncccc12. The third kappa shape index (κ3) is 2.96. The number of nitrogens with zero attached hydrogens (tertiary/aromatic N) is 2. The van der Waals surface area contributed by atoms with Crippen molar-refractivity contribution in [2.24, 2.45) is 0 Å². The summed E-state index contributed by atoms with van der Waals surface area (Å²) in [7, 11) is 0. The Morgan fingerprint density at radius 3 is 2.83 bits per heavy atom. The van der Waals surface area contributed by atoms with Gasteiger partial charge in [0.05, 0.1) is 5.02 Å². The zero-order valence-electron chi connectivity index (χ0n) is 11.8. The number of oxazole rings is 1. The van der Waals surface area contributed by atoms with Gasteiger partial charge in [-0.2, -0.15) is 0 Å². The minimum Gasteiger partial charge on any atom is -0.429 e. The predicted molar refractivity (Wildman–Crippen MR) is 98.0 cm³/mol. The second-order valence-electron chi connectivity index (χ2n) is 5.00. The van der Waals surface area contributed by atoms with Crippen molar-refractivity contribution in [3.05, 3.63) is 63.7 Å². The van der Waals surface area contributed by atoms with Crippen LogP contribution in [0.3, 0.4) is 0 Å². The summed E-state index contributed by atoms with van der Waals surface area (Å²) in [5.41, 5.74) is 3.38. The molecule has 6 heteroatoms. The minimum atomic E-state index is 0.622. The Bertz CT molecular complexity index is 1000. The van der Waals surface area contributed by atoms with Gasteiger partial charge in [-0.05, 0) is 35.9 Å². The summed E-state index contributed by atoms with van der Waals surface area (Å²) >= 11 is 11.3. The molecule has 0 atom stereocenters. The summed E-state index contributed by atoms with van der Waals surface area (Å²) in [6.07, 6.45) is 1.73. The highest BCUT2D eigenvalue weighted by molar-refractivity contribution is 9.10. The first-order valence-electron chi connectivity index (χ1n) is 6.92. The van der Waals surface area contributed by atoms with Crippen LogP contribution in [0.15, 0.2) is 62.8 Å². The van der Waals surface area contributed by atoms with Crippen LogP contribution in [0.25, 0.3) is 22.0 Å². The van der Waals surface area contributed by atoms with E-state index in [1.807, 2.05) is 30.3 Å². The zero-order chi connectivity index (χ0) is 15.8. The van der Waals surface area contributed by atoms with E-state index in [0.29, 0.717) is 15.8 Å². The number of halogens is 2. The minimum absolute atomic E-state index is 0.622. The number of hydrogen-bond donors (Lipinski definition) is 0. The monoisotopic (exact) mass is 404 g/mol. The molecule has 0 fully saturated rings. The molecule has 4 aromatic rings. The molecule has 2 aromatic heterocycles. The van der Waals surface area contributed by atoms with Crippen LogP contribution in [-0.2, 0) is 5.75 Å². The first-order valence-corrected chi connectivity index (χ1v) is 9.07. The maximum absolute atomic E-state index is 6.30. The van der Waals surface area contributed by atoms with Gasteiger partial charge < -0.3 is 4.42 Å². The fourth-order valence-corrected chi connectivity index (χ4v) is 3.65. The Balaban J connectivity index is 1.68. The van der Waals surface area contributed by atoms with Crippen molar-refractivity contribution in [1.82, 2.24) is 9.97 Å². The molecule has 23 heavy (non-hydrogen) atoms. The largest absolute Gasteiger partial charge is 0.429 e. The smallest absolute Gasteiger partial charge is 0.257 e. The molecule has 0 unspecified atom stereocenters. The molecule has 0 aliphatic rings. The Labute approximate surface area is 150 Å². The Hall–Kier alpha value is -1.56. The van der Waals surface area contributed by atoms with E-state index in [2.05, 4.69) is 38.0 Å². The van der Waals surface area contributed by atoms with Crippen LogP contribution in [-0.4, -0.2) is 9.97 Å². The molecule has 0 spiro atoms. The third-order valence-electron chi connectivity index (χ3n) is 3.45. The van der Waals surface area contributed by atoms with Crippen LogP contribution in [0.4, 0.5) is 0 Å². The van der Waals surface area contributed by atoms with Crippen LogP contribution in [0.1, 0.15) is 5.56 Å². The van der Waals surface area contributed by atoms with E-state index in [0.717, 1.165) is 26.6 Å². The van der Waals surface area contributed by atoms with E-state index in [-0.39, 0.29) is 0 Å². The predicted octanol–water partition coefficient (Wildman–Crippen LogP) is 6.08. The third-order valence-corrected chi connectivity index (χ3v) is 5.19. The number of benzene rings is 2.